The lowest BCUT2D eigenvalue weighted by Gasteiger charge is -2.38. The summed E-state index contributed by atoms with van der Waals surface area (Å²) in [5.74, 6) is 1.64. The molecule has 19 heteroatoms. The molecule has 6 aliphatic heterocycles. The molecule has 0 radical (unpaired) electrons. The van der Waals surface area contributed by atoms with E-state index in [9.17, 15) is 29.2 Å². The third-order valence-electron chi connectivity index (χ3n) is 18.9. The van der Waals surface area contributed by atoms with Crippen LogP contribution in [0, 0.1) is 17.2 Å². The van der Waals surface area contributed by atoms with Crippen LogP contribution in [0.25, 0.3) is 32.7 Å². The number of hydrogen-bond donors (Lipinski definition) is 3. The van der Waals surface area contributed by atoms with Gasteiger partial charge in [-0.3, -0.25) is 30.0 Å². The van der Waals surface area contributed by atoms with Crippen LogP contribution < -0.4 is 30.2 Å². The first kappa shape index (κ1) is 58.4. The van der Waals surface area contributed by atoms with E-state index in [1.165, 1.54) is 53.8 Å². The maximum atomic E-state index is 12.4. The fraction of sp³-hybridized carbons (Fsp3) is 0.463. The van der Waals surface area contributed by atoms with E-state index in [0.29, 0.717) is 67.4 Å². The molecule has 18 nitrogen and oxygen atoms in total. The van der Waals surface area contributed by atoms with Crippen LogP contribution >= 0.6 is 11.6 Å². The number of amides is 7. The number of nitriles is 1. The Morgan fingerprint density at radius 3 is 1.74 bits per heavy atom. The molecule has 6 fully saturated rings. The highest BCUT2D eigenvalue weighted by molar-refractivity contribution is 6.36. The molecule has 0 unspecified atom stereocenters. The number of halogens is 1. The Bertz CT molecular complexity index is 3750. The van der Waals surface area contributed by atoms with Crippen molar-refractivity contribution in [3.05, 3.63) is 119 Å². The van der Waals surface area contributed by atoms with Gasteiger partial charge in [0.15, 0.2) is 0 Å². The fourth-order valence-electron chi connectivity index (χ4n) is 14.2. The normalized spacial score (nSPS) is 19.9. The average Bonchev–Trinajstić information content (AvgIpc) is 4.19. The van der Waals surface area contributed by atoms with E-state index in [4.69, 9.17) is 16.3 Å². The maximum Gasteiger partial charge on any atom is 0.410 e. The first-order valence-electron chi connectivity index (χ1n) is 30.9. The molecule has 7 amide bonds. The van der Waals surface area contributed by atoms with Gasteiger partial charge in [-0.15, -0.1) is 0 Å². The molecule has 9 heterocycles. The smallest absolute Gasteiger partial charge is 0.410 e. The zero-order valence-electron chi connectivity index (χ0n) is 50.2. The van der Waals surface area contributed by atoms with Gasteiger partial charge in [0.05, 0.1) is 32.8 Å². The summed E-state index contributed by atoms with van der Waals surface area (Å²) in [6.07, 6.45) is 11.0. The molecule has 0 saturated carbocycles. The van der Waals surface area contributed by atoms with Crippen molar-refractivity contribution in [2.75, 3.05) is 91.6 Å². The molecule has 0 aliphatic carbocycles. The topological polar surface area (TPSA) is 188 Å². The standard InChI is InChI=1S/C44H49ClN8O2.C23H30N4O4/c1-49-39(23-32-6-9-36(24-40(32)49)53-22-16-41(54)48-44(53)55)31-14-18-50(19-15-31)27-29-12-20-51(21-13-29)35-7-4-30(5-8-35)33-3-2-17-52(28-33)38-11-10-37(45)42-34(25-46)26-47-43(38)42;1-23(2,3)31-22(30)26-10-7-15(8-11-26)18-13-16-5-6-17(14-19(16)25(18)4)27-12-9-20(28)24-21(27)29/h4-11,23-24,26,29,31,33,47H,2-3,12-22,27-28H2,1H3,(H,48,54,55);5-6,13-15H,7-12H2,1-4H3,(H,24,28,29)/t33-;/m1./s1. The largest absolute Gasteiger partial charge is 0.444 e. The summed E-state index contributed by atoms with van der Waals surface area (Å²) in [5, 5.41) is 18.1. The van der Waals surface area contributed by atoms with Crippen LogP contribution in [0.4, 0.5) is 37.1 Å². The van der Waals surface area contributed by atoms with Crippen molar-refractivity contribution in [1.82, 2.24) is 34.6 Å². The minimum atomic E-state index is -0.486. The van der Waals surface area contributed by atoms with Gasteiger partial charge in [-0.2, -0.15) is 5.26 Å². The minimum Gasteiger partial charge on any atom is -0.444 e. The highest BCUT2D eigenvalue weighted by atomic mass is 35.5. The summed E-state index contributed by atoms with van der Waals surface area (Å²) in [4.78, 5) is 76.2. The van der Waals surface area contributed by atoms with Gasteiger partial charge in [0, 0.05) is 154 Å². The van der Waals surface area contributed by atoms with Crippen LogP contribution in [0.1, 0.15) is 125 Å². The monoisotopic (exact) mass is 1180 g/mol. The predicted molar refractivity (Wildman–Crippen MR) is 339 cm³/mol. The number of aromatic nitrogens is 3. The number of carbonyl (C=O) groups is 5. The predicted octanol–water partition coefficient (Wildman–Crippen LogP) is 11.9. The molecule has 6 saturated heterocycles. The van der Waals surface area contributed by atoms with Crippen molar-refractivity contribution in [1.29, 1.82) is 5.26 Å². The Labute approximate surface area is 507 Å². The van der Waals surface area contributed by atoms with E-state index < -0.39 is 5.60 Å². The first-order chi connectivity index (χ1) is 41.4. The number of aryl methyl sites for hydroxylation is 2. The second kappa shape index (κ2) is 24.4. The third-order valence-corrected chi connectivity index (χ3v) is 19.3. The molecule has 6 aliphatic rings. The summed E-state index contributed by atoms with van der Waals surface area (Å²) < 4.78 is 9.99. The second-order valence-corrected chi connectivity index (χ2v) is 25.9. The highest BCUT2D eigenvalue weighted by Gasteiger charge is 2.33. The number of likely N-dealkylation sites (tertiary alicyclic amines) is 2. The van der Waals surface area contributed by atoms with Gasteiger partial charge in [0.25, 0.3) is 0 Å². The fourth-order valence-corrected chi connectivity index (χ4v) is 14.5. The number of benzene rings is 4. The Morgan fingerprint density at radius 2 is 1.20 bits per heavy atom. The van der Waals surface area contributed by atoms with Crippen molar-refractivity contribution < 1.29 is 28.7 Å². The molecule has 3 N–H and O–H groups in total. The molecule has 1 atom stereocenters. The molecular weight excluding hydrogens is 1100 g/mol. The molecular formula is C67H79ClN12O6. The molecule has 450 valence electrons. The van der Waals surface area contributed by atoms with Gasteiger partial charge >= 0.3 is 18.2 Å². The number of piperidine rings is 4. The van der Waals surface area contributed by atoms with Crippen molar-refractivity contribution in [3.63, 3.8) is 0 Å². The van der Waals surface area contributed by atoms with Crippen LogP contribution in [0.15, 0.2) is 91.1 Å². The number of imide groups is 2. The molecule has 0 spiro atoms. The number of nitrogens with zero attached hydrogens (tertiary/aromatic N) is 9. The summed E-state index contributed by atoms with van der Waals surface area (Å²) in [7, 11) is 4.19. The van der Waals surface area contributed by atoms with E-state index in [2.05, 4.69) is 107 Å². The Hall–Kier alpha value is -8.01. The quantitative estimate of drug-likeness (QED) is 0.126. The first-order valence-corrected chi connectivity index (χ1v) is 31.2. The SMILES string of the molecule is Cn1c(C2CCN(C(=O)OC(C)(C)C)CC2)cc2ccc(N3CCC(=O)NC3=O)cc21.Cn1c(C2CCN(CC3CCN(c4ccc([C@@H]5CCCN(c6ccc(Cl)c7c(C#N)c[nH]c67)C5)cc4)CC3)CC2)cc2ccc(N3CCC(=O)NC3=O)cc21. The summed E-state index contributed by atoms with van der Waals surface area (Å²) in [6.45, 7) is 15.4. The van der Waals surface area contributed by atoms with Gasteiger partial charge < -0.3 is 38.5 Å². The molecule has 3 aromatic heterocycles. The van der Waals surface area contributed by atoms with Gasteiger partial charge in [0.1, 0.15) is 11.7 Å². The van der Waals surface area contributed by atoms with Gasteiger partial charge in [-0.25, -0.2) is 14.4 Å². The number of aromatic amines is 1. The van der Waals surface area contributed by atoms with Crippen molar-refractivity contribution in [3.8, 4) is 6.07 Å². The average molecular weight is 1180 g/mol. The Morgan fingerprint density at radius 1 is 0.640 bits per heavy atom. The van der Waals surface area contributed by atoms with Crippen molar-refractivity contribution >= 4 is 97.0 Å². The van der Waals surface area contributed by atoms with E-state index in [0.717, 1.165) is 122 Å². The van der Waals surface area contributed by atoms with E-state index >= 15 is 0 Å². The Balaban J connectivity index is 0.000000198. The van der Waals surface area contributed by atoms with Crippen molar-refractivity contribution in [2.24, 2.45) is 20.0 Å². The van der Waals surface area contributed by atoms with Crippen LogP contribution in [0.3, 0.4) is 0 Å². The van der Waals surface area contributed by atoms with Crippen LogP contribution in [0.5, 0.6) is 0 Å². The number of carbonyl (C=O) groups excluding carboxylic acids is 5. The number of H-pyrrole nitrogens is 1. The number of rotatable bonds is 9. The Kier molecular flexibility index (Phi) is 16.6. The lowest BCUT2D eigenvalue weighted by atomic mass is 9.89. The minimum absolute atomic E-state index is 0.210. The second-order valence-electron chi connectivity index (χ2n) is 25.5. The maximum absolute atomic E-state index is 12.4. The lowest BCUT2D eigenvalue weighted by Crippen LogP contribution is -2.49. The number of ether oxygens (including phenoxy) is 1. The van der Waals surface area contributed by atoms with E-state index in [-0.39, 0.29) is 30.0 Å². The van der Waals surface area contributed by atoms with Crippen molar-refractivity contribution in [2.45, 2.75) is 108 Å². The van der Waals surface area contributed by atoms with E-state index in [1.54, 1.807) is 20.9 Å². The number of anilines is 4. The van der Waals surface area contributed by atoms with E-state index in [1.807, 2.05) is 58.2 Å². The number of nitrogens with one attached hydrogen (secondary N) is 3. The van der Waals surface area contributed by atoms with Crippen LogP contribution in [0.2, 0.25) is 5.02 Å². The molecule has 4 aromatic carbocycles. The third kappa shape index (κ3) is 12.2. The molecule has 7 aromatic rings. The summed E-state index contributed by atoms with van der Waals surface area (Å²) in [5.41, 5.74) is 11.3. The van der Waals surface area contributed by atoms with Gasteiger partial charge in [0.2, 0.25) is 11.8 Å². The van der Waals surface area contributed by atoms with Crippen LogP contribution in [-0.4, -0.2) is 131 Å². The summed E-state index contributed by atoms with van der Waals surface area (Å²) in [6, 6.07) is 31.6. The number of hydrogen-bond acceptors (Lipinski definition) is 10. The zero-order valence-corrected chi connectivity index (χ0v) is 50.9. The van der Waals surface area contributed by atoms with Gasteiger partial charge in [-0.05, 0) is 157 Å². The lowest BCUT2D eigenvalue weighted by molar-refractivity contribution is -0.121. The molecule has 86 heavy (non-hydrogen) atoms. The molecule has 13 rings (SSSR count). The highest BCUT2D eigenvalue weighted by Crippen LogP contribution is 2.40. The number of fused-ring (bicyclic) bond motifs is 3. The summed E-state index contributed by atoms with van der Waals surface area (Å²) >= 11 is 6.50. The number of urea groups is 2. The van der Waals surface area contributed by atoms with Crippen LogP contribution in [-0.2, 0) is 28.4 Å². The van der Waals surface area contributed by atoms with Gasteiger partial charge in [-0.1, -0.05) is 35.9 Å². The molecule has 0 bridgehead atoms. The zero-order chi connectivity index (χ0) is 60.0.